The van der Waals surface area contributed by atoms with Gasteiger partial charge in [0.2, 0.25) is 5.91 Å². The van der Waals surface area contributed by atoms with Crippen molar-refractivity contribution in [2.75, 3.05) is 0 Å². The summed E-state index contributed by atoms with van der Waals surface area (Å²) in [4.78, 5) is 13.5. The van der Waals surface area contributed by atoms with Crippen LogP contribution in [0.2, 0.25) is 0 Å². The minimum Gasteiger partial charge on any atom is -0.319 e. The second-order valence-electron chi connectivity index (χ2n) is 4.98. The van der Waals surface area contributed by atoms with Crippen molar-refractivity contribution < 1.29 is 4.79 Å². The molecule has 0 heterocycles. The van der Waals surface area contributed by atoms with Crippen LogP contribution < -0.4 is 0 Å². The number of hydrogen-bond acceptors (Lipinski definition) is 2. The van der Waals surface area contributed by atoms with Crippen LogP contribution in [0.3, 0.4) is 0 Å². The lowest BCUT2D eigenvalue weighted by atomic mass is 10.1. The maximum atomic E-state index is 11.9. The molecule has 0 N–H and O–H groups in total. The van der Waals surface area contributed by atoms with Crippen LogP contribution in [-0.4, -0.2) is 16.8 Å². The molecule has 0 aliphatic rings. The molecule has 1 unspecified atom stereocenters. The molecule has 3 heteroatoms. The highest BCUT2D eigenvalue weighted by molar-refractivity contribution is 5.74. The van der Waals surface area contributed by atoms with Gasteiger partial charge in [0, 0.05) is 13.5 Å². The Morgan fingerprint density at radius 1 is 1.14 bits per heavy atom. The fourth-order valence-corrected chi connectivity index (χ4v) is 2.17. The zero-order chi connectivity index (χ0) is 15.8. The van der Waals surface area contributed by atoms with Crippen LogP contribution in [0.25, 0.3) is 6.08 Å². The van der Waals surface area contributed by atoms with Crippen LogP contribution in [0, 0.1) is 11.3 Å². The molecule has 0 radical (unpaired) electrons. The molecule has 2 rings (SSSR count). The van der Waals surface area contributed by atoms with E-state index in [1.54, 1.807) is 11.0 Å². The van der Waals surface area contributed by atoms with Crippen molar-refractivity contribution in [2.45, 2.75) is 19.5 Å². The summed E-state index contributed by atoms with van der Waals surface area (Å²) in [6, 6.07) is 21.0. The summed E-state index contributed by atoms with van der Waals surface area (Å²) in [5, 5.41) is 9.41. The lowest BCUT2D eigenvalue weighted by Crippen LogP contribution is -2.36. The molecule has 0 aliphatic heterocycles. The molecule has 0 saturated heterocycles. The topological polar surface area (TPSA) is 44.1 Å². The molecule has 1 atom stereocenters. The van der Waals surface area contributed by atoms with E-state index in [0.29, 0.717) is 6.54 Å². The number of rotatable bonds is 5. The minimum atomic E-state index is -0.585. The van der Waals surface area contributed by atoms with Gasteiger partial charge in [-0.15, -0.1) is 0 Å². The zero-order valence-electron chi connectivity index (χ0n) is 12.5. The van der Waals surface area contributed by atoms with Crippen LogP contribution in [0.5, 0.6) is 0 Å². The normalized spacial score (nSPS) is 11.8. The summed E-state index contributed by atoms with van der Waals surface area (Å²) in [5.74, 6) is -0.117. The molecule has 3 nitrogen and oxygen atoms in total. The molecule has 22 heavy (non-hydrogen) atoms. The molecular weight excluding hydrogens is 272 g/mol. The predicted octanol–water partition coefficient (Wildman–Crippen LogP) is 3.64. The van der Waals surface area contributed by atoms with E-state index in [2.05, 4.69) is 6.07 Å². The lowest BCUT2D eigenvalue weighted by molar-refractivity contribution is -0.130. The standard InChI is InChI=1S/C19H18N2O/c1-16(22)21(15-18-10-6-3-7-11-18)19(14-20)13-12-17-8-4-2-5-9-17/h2-13,19H,15H2,1H3/b13-12+. The molecule has 0 bridgehead atoms. The lowest BCUT2D eigenvalue weighted by Gasteiger charge is -2.24. The number of benzene rings is 2. The highest BCUT2D eigenvalue weighted by Crippen LogP contribution is 2.11. The van der Waals surface area contributed by atoms with E-state index in [1.165, 1.54) is 6.92 Å². The van der Waals surface area contributed by atoms with Crippen molar-refractivity contribution in [3.63, 3.8) is 0 Å². The van der Waals surface area contributed by atoms with E-state index in [9.17, 15) is 10.1 Å². The third kappa shape index (κ3) is 4.32. The Labute approximate surface area is 131 Å². The second kappa shape index (κ2) is 7.80. The average molecular weight is 290 g/mol. The van der Waals surface area contributed by atoms with E-state index in [0.717, 1.165) is 11.1 Å². The van der Waals surface area contributed by atoms with Crippen LogP contribution in [-0.2, 0) is 11.3 Å². The number of hydrogen-bond donors (Lipinski definition) is 0. The summed E-state index contributed by atoms with van der Waals surface area (Å²) in [6.45, 7) is 1.91. The van der Waals surface area contributed by atoms with Gasteiger partial charge in [-0.3, -0.25) is 4.79 Å². The van der Waals surface area contributed by atoms with Crippen molar-refractivity contribution in [1.82, 2.24) is 4.90 Å². The van der Waals surface area contributed by atoms with Crippen LogP contribution in [0.4, 0.5) is 0 Å². The SMILES string of the molecule is CC(=O)N(Cc1ccccc1)C(C#N)/C=C/c1ccccc1. The van der Waals surface area contributed by atoms with Crippen LogP contribution in [0.15, 0.2) is 66.7 Å². The molecule has 2 aromatic carbocycles. The first-order valence-corrected chi connectivity index (χ1v) is 7.14. The van der Waals surface area contributed by atoms with Gasteiger partial charge in [0.15, 0.2) is 0 Å². The molecule has 0 fully saturated rings. The molecule has 0 spiro atoms. The smallest absolute Gasteiger partial charge is 0.221 e. The maximum Gasteiger partial charge on any atom is 0.221 e. The summed E-state index contributed by atoms with van der Waals surface area (Å²) >= 11 is 0. The van der Waals surface area contributed by atoms with E-state index in [1.807, 2.05) is 66.7 Å². The van der Waals surface area contributed by atoms with Crippen molar-refractivity contribution >= 4 is 12.0 Å². The van der Waals surface area contributed by atoms with Gasteiger partial charge in [-0.25, -0.2) is 0 Å². The Bertz CT molecular complexity index is 672. The average Bonchev–Trinajstić information content (AvgIpc) is 2.56. The molecule has 0 aromatic heterocycles. The summed E-state index contributed by atoms with van der Waals surface area (Å²) in [5.41, 5.74) is 2.01. The summed E-state index contributed by atoms with van der Waals surface area (Å²) in [6.07, 6.45) is 3.63. The highest BCUT2D eigenvalue weighted by Gasteiger charge is 2.18. The van der Waals surface area contributed by atoms with Gasteiger partial charge in [0.05, 0.1) is 6.07 Å². The molecule has 110 valence electrons. The monoisotopic (exact) mass is 290 g/mol. The molecule has 1 amide bonds. The van der Waals surface area contributed by atoms with Gasteiger partial charge in [0.1, 0.15) is 6.04 Å². The Morgan fingerprint density at radius 3 is 2.27 bits per heavy atom. The second-order valence-corrected chi connectivity index (χ2v) is 4.98. The van der Waals surface area contributed by atoms with Crippen molar-refractivity contribution in [3.05, 3.63) is 77.9 Å². The Morgan fingerprint density at radius 2 is 1.73 bits per heavy atom. The van der Waals surface area contributed by atoms with Crippen molar-refractivity contribution in [1.29, 1.82) is 5.26 Å². The Hall–Kier alpha value is -2.86. The summed E-state index contributed by atoms with van der Waals surface area (Å²) < 4.78 is 0. The van der Waals surface area contributed by atoms with Crippen LogP contribution >= 0.6 is 0 Å². The Balaban J connectivity index is 2.16. The van der Waals surface area contributed by atoms with Gasteiger partial charge in [-0.2, -0.15) is 5.26 Å². The first-order valence-electron chi connectivity index (χ1n) is 7.14. The van der Waals surface area contributed by atoms with E-state index >= 15 is 0 Å². The first-order chi connectivity index (χ1) is 10.7. The van der Waals surface area contributed by atoms with E-state index in [4.69, 9.17) is 0 Å². The number of carbonyl (C=O) groups excluding carboxylic acids is 1. The number of nitriles is 1. The maximum absolute atomic E-state index is 11.9. The van der Waals surface area contributed by atoms with Gasteiger partial charge < -0.3 is 4.90 Å². The van der Waals surface area contributed by atoms with Crippen molar-refractivity contribution in [2.24, 2.45) is 0 Å². The third-order valence-corrected chi connectivity index (χ3v) is 3.34. The first kappa shape index (κ1) is 15.5. The van der Waals surface area contributed by atoms with Gasteiger partial charge in [-0.05, 0) is 17.2 Å². The van der Waals surface area contributed by atoms with Crippen LogP contribution in [0.1, 0.15) is 18.1 Å². The predicted molar refractivity (Wildman–Crippen MR) is 87.5 cm³/mol. The highest BCUT2D eigenvalue weighted by atomic mass is 16.2. The number of nitrogens with zero attached hydrogens (tertiary/aromatic N) is 2. The van der Waals surface area contributed by atoms with E-state index < -0.39 is 6.04 Å². The molecule has 2 aromatic rings. The summed E-state index contributed by atoms with van der Waals surface area (Å²) in [7, 11) is 0. The fourth-order valence-electron chi connectivity index (χ4n) is 2.17. The quantitative estimate of drug-likeness (QED) is 0.843. The number of carbonyl (C=O) groups is 1. The molecule has 0 aliphatic carbocycles. The van der Waals surface area contributed by atoms with Crippen molar-refractivity contribution in [3.8, 4) is 6.07 Å². The minimum absolute atomic E-state index is 0.117. The third-order valence-electron chi connectivity index (χ3n) is 3.34. The molecule has 0 saturated carbocycles. The van der Waals surface area contributed by atoms with E-state index in [-0.39, 0.29) is 5.91 Å². The largest absolute Gasteiger partial charge is 0.319 e. The number of amides is 1. The fraction of sp³-hybridized carbons (Fsp3) is 0.158. The van der Waals surface area contributed by atoms with Gasteiger partial charge >= 0.3 is 0 Å². The molecular formula is C19H18N2O. The zero-order valence-corrected chi connectivity index (χ0v) is 12.5. The Kier molecular flexibility index (Phi) is 5.50. The van der Waals surface area contributed by atoms with Gasteiger partial charge in [-0.1, -0.05) is 66.7 Å². The van der Waals surface area contributed by atoms with Gasteiger partial charge in [0.25, 0.3) is 0 Å².